The molecule has 0 aromatic carbocycles. The van der Waals surface area contributed by atoms with Crippen molar-refractivity contribution in [3.8, 4) is 0 Å². The van der Waals surface area contributed by atoms with Gasteiger partial charge in [-0.05, 0) is 22.9 Å². The maximum absolute atomic E-state index is 12.7. The van der Waals surface area contributed by atoms with Gasteiger partial charge in [-0.25, -0.2) is 8.42 Å². The topological polar surface area (TPSA) is 71.8 Å². The third kappa shape index (κ3) is 4.07. The number of morpholine rings is 1. The van der Waals surface area contributed by atoms with E-state index in [4.69, 9.17) is 9.15 Å². The van der Waals surface area contributed by atoms with Gasteiger partial charge in [0.1, 0.15) is 10.7 Å². The van der Waals surface area contributed by atoms with Gasteiger partial charge in [-0.1, -0.05) is 13.8 Å². The first kappa shape index (κ1) is 17.0. The van der Waals surface area contributed by atoms with E-state index in [9.17, 15) is 8.42 Å². The Bertz CT molecular complexity index is 585. The van der Waals surface area contributed by atoms with Gasteiger partial charge in [0.25, 0.3) is 0 Å². The molecule has 1 aromatic heterocycles. The van der Waals surface area contributed by atoms with Gasteiger partial charge in [0.2, 0.25) is 10.0 Å². The van der Waals surface area contributed by atoms with Crippen molar-refractivity contribution >= 4 is 26.0 Å². The van der Waals surface area contributed by atoms with Gasteiger partial charge in [0.15, 0.2) is 4.67 Å². The number of ether oxygens (including phenoxy) is 1. The molecule has 8 heteroatoms. The first-order valence-corrected chi connectivity index (χ1v) is 9.17. The molecule has 6 nitrogen and oxygen atoms in total. The van der Waals surface area contributed by atoms with E-state index in [1.807, 2.05) is 20.8 Å². The average Bonchev–Trinajstić information content (AvgIpc) is 2.78. The standard InChI is InChI=1S/C13H21BrN2O4S/c1-9(2)15-7-11-6-12(13(14)20-11)21(17,18)16-4-5-19-10(3)8-16/h6,9-10,15H,4-5,7-8H2,1-3H3. The normalized spacial score (nSPS) is 21.1. The Balaban J connectivity index is 2.19. The highest BCUT2D eigenvalue weighted by molar-refractivity contribution is 9.10. The van der Waals surface area contributed by atoms with Crippen LogP contribution in [0, 0.1) is 0 Å². The highest BCUT2D eigenvalue weighted by atomic mass is 79.9. The fourth-order valence-corrected chi connectivity index (χ4v) is 4.57. The van der Waals surface area contributed by atoms with Crippen molar-refractivity contribution in [2.45, 2.75) is 44.4 Å². The highest BCUT2D eigenvalue weighted by Gasteiger charge is 2.32. The lowest BCUT2D eigenvalue weighted by atomic mass is 10.3. The van der Waals surface area contributed by atoms with Crippen LogP contribution in [0.15, 0.2) is 20.0 Å². The van der Waals surface area contributed by atoms with Crippen molar-refractivity contribution in [3.63, 3.8) is 0 Å². The third-order valence-electron chi connectivity index (χ3n) is 3.21. The molecule has 1 unspecified atom stereocenters. The van der Waals surface area contributed by atoms with Crippen LogP contribution in [-0.4, -0.2) is 44.6 Å². The molecule has 0 spiro atoms. The lowest BCUT2D eigenvalue weighted by Gasteiger charge is -2.29. The van der Waals surface area contributed by atoms with Crippen molar-refractivity contribution in [1.29, 1.82) is 0 Å². The molecule has 120 valence electrons. The van der Waals surface area contributed by atoms with Crippen molar-refractivity contribution in [2.75, 3.05) is 19.7 Å². The second kappa shape index (κ2) is 6.78. The predicted molar refractivity (Wildman–Crippen MR) is 82.6 cm³/mol. The number of rotatable bonds is 5. The Labute approximate surface area is 134 Å². The van der Waals surface area contributed by atoms with Gasteiger partial charge in [-0.15, -0.1) is 0 Å². The Morgan fingerprint density at radius 2 is 2.24 bits per heavy atom. The minimum absolute atomic E-state index is 0.0960. The lowest BCUT2D eigenvalue weighted by Crippen LogP contribution is -2.44. The molecule has 2 heterocycles. The summed E-state index contributed by atoms with van der Waals surface area (Å²) in [4.78, 5) is 0.178. The van der Waals surface area contributed by atoms with Gasteiger partial charge in [-0.3, -0.25) is 0 Å². The van der Waals surface area contributed by atoms with E-state index in [-0.39, 0.29) is 15.7 Å². The monoisotopic (exact) mass is 380 g/mol. The average molecular weight is 381 g/mol. The van der Waals surface area contributed by atoms with Crippen LogP contribution in [0.4, 0.5) is 0 Å². The summed E-state index contributed by atoms with van der Waals surface area (Å²) in [6, 6.07) is 1.88. The molecule has 1 N–H and O–H groups in total. The van der Waals surface area contributed by atoms with E-state index in [1.165, 1.54) is 4.31 Å². The van der Waals surface area contributed by atoms with E-state index in [0.29, 0.717) is 38.0 Å². The van der Waals surface area contributed by atoms with Crippen LogP contribution in [0.3, 0.4) is 0 Å². The summed E-state index contributed by atoms with van der Waals surface area (Å²) < 4.78 is 37.9. The molecule has 0 saturated carbocycles. The molecule has 1 fully saturated rings. The SMILES string of the molecule is CC(C)NCc1cc(S(=O)(=O)N2CCOC(C)C2)c(Br)o1. The summed E-state index contributed by atoms with van der Waals surface area (Å²) in [5, 5.41) is 3.20. The largest absolute Gasteiger partial charge is 0.452 e. The Kier molecular flexibility index (Phi) is 5.48. The molecule has 1 aliphatic heterocycles. The van der Waals surface area contributed by atoms with Gasteiger partial charge in [0, 0.05) is 25.2 Å². The van der Waals surface area contributed by atoms with Crippen molar-refractivity contribution < 1.29 is 17.6 Å². The number of hydrogen-bond acceptors (Lipinski definition) is 5. The lowest BCUT2D eigenvalue weighted by molar-refractivity contribution is 0.0101. The Hall–Kier alpha value is -0.410. The molecule has 0 aliphatic carbocycles. The van der Waals surface area contributed by atoms with E-state index >= 15 is 0 Å². The fraction of sp³-hybridized carbons (Fsp3) is 0.692. The summed E-state index contributed by atoms with van der Waals surface area (Å²) in [5.41, 5.74) is 0. The molecule has 1 aromatic rings. The zero-order valence-electron chi connectivity index (χ0n) is 12.4. The summed E-state index contributed by atoms with van der Waals surface area (Å²) >= 11 is 3.21. The Morgan fingerprint density at radius 3 is 2.86 bits per heavy atom. The number of hydrogen-bond donors (Lipinski definition) is 1. The molecule has 0 amide bonds. The van der Waals surface area contributed by atoms with Gasteiger partial charge < -0.3 is 14.5 Å². The van der Waals surface area contributed by atoms with Crippen molar-refractivity contribution in [1.82, 2.24) is 9.62 Å². The molecular weight excluding hydrogens is 360 g/mol. The first-order valence-electron chi connectivity index (χ1n) is 6.94. The molecule has 0 bridgehead atoms. The molecule has 2 rings (SSSR count). The zero-order chi connectivity index (χ0) is 15.6. The van der Waals surface area contributed by atoms with Gasteiger partial charge in [-0.2, -0.15) is 4.31 Å². The zero-order valence-corrected chi connectivity index (χ0v) is 14.8. The highest BCUT2D eigenvalue weighted by Crippen LogP contribution is 2.29. The molecular formula is C13H21BrN2O4S. The number of halogens is 1. The van der Waals surface area contributed by atoms with Crippen LogP contribution in [-0.2, 0) is 21.3 Å². The fourth-order valence-electron chi connectivity index (χ4n) is 2.11. The number of nitrogens with one attached hydrogen (secondary N) is 1. The minimum Gasteiger partial charge on any atom is -0.452 e. The van der Waals surface area contributed by atoms with Crippen molar-refractivity contribution in [2.24, 2.45) is 0 Å². The molecule has 1 saturated heterocycles. The van der Waals surface area contributed by atoms with Crippen LogP contribution >= 0.6 is 15.9 Å². The van der Waals surface area contributed by atoms with Gasteiger partial charge in [0.05, 0.1) is 19.3 Å². The van der Waals surface area contributed by atoms with Crippen LogP contribution in [0.2, 0.25) is 0 Å². The predicted octanol–water partition coefficient (Wildman–Crippen LogP) is 1.95. The van der Waals surface area contributed by atoms with Crippen LogP contribution < -0.4 is 5.32 Å². The van der Waals surface area contributed by atoms with E-state index < -0.39 is 10.0 Å². The summed E-state index contributed by atoms with van der Waals surface area (Å²) in [6.07, 6.45) is -0.0960. The second-order valence-corrected chi connectivity index (χ2v) is 8.06. The molecule has 0 radical (unpaired) electrons. The van der Waals surface area contributed by atoms with Crippen LogP contribution in [0.5, 0.6) is 0 Å². The summed E-state index contributed by atoms with van der Waals surface area (Å²) in [5.74, 6) is 0.593. The third-order valence-corrected chi connectivity index (χ3v) is 5.93. The van der Waals surface area contributed by atoms with Crippen LogP contribution in [0.1, 0.15) is 26.5 Å². The van der Waals surface area contributed by atoms with Gasteiger partial charge >= 0.3 is 0 Å². The Morgan fingerprint density at radius 1 is 1.52 bits per heavy atom. The molecule has 21 heavy (non-hydrogen) atoms. The smallest absolute Gasteiger partial charge is 0.247 e. The number of furan rings is 1. The van der Waals surface area contributed by atoms with Crippen molar-refractivity contribution in [3.05, 3.63) is 16.5 Å². The summed E-state index contributed by atoms with van der Waals surface area (Å²) in [7, 11) is -3.56. The maximum Gasteiger partial charge on any atom is 0.247 e. The molecule has 1 atom stereocenters. The maximum atomic E-state index is 12.7. The second-order valence-electron chi connectivity index (χ2n) is 5.43. The summed E-state index contributed by atoms with van der Waals surface area (Å²) in [6.45, 7) is 7.53. The van der Waals surface area contributed by atoms with E-state index in [1.54, 1.807) is 6.07 Å². The molecule has 1 aliphatic rings. The first-order chi connectivity index (χ1) is 9.80. The quantitative estimate of drug-likeness (QED) is 0.844. The van der Waals surface area contributed by atoms with E-state index in [2.05, 4.69) is 21.2 Å². The van der Waals surface area contributed by atoms with E-state index in [0.717, 1.165) is 0 Å². The van der Waals surface area contributed by atoms with Crippen LogP contribution in [0.25, 0.3) is 0 Å². The number of nitrogens with zero attached hydrogens (tertiary/aromatic N) is 1. The minimum atomic E-state index is -3.56. The number of sulfonamides is 1.